The second-order valence-corrected chi connectivity index (χ2v) is 7.10. The standard InChI is InChI=1S/C14H21N5OS/c1-9(2)8-11-16-17-14-19(11)18-13(21-14)15-12(20)10-6-4-3-5-7-10/h9-10H,3-8H2,1-2H3,(H,15,18,20). The second-order valence-electron chi connectivity index (χ2n) is 6.14. The summed E-state index contributed by atoms with van der Waals surface area (Å²) in [7, 11) is 0. The Bertz CT molecular complexity index is 626. The van der Waals surface area contributed by atoms with Crippen molar-refractivity contribution in [2.75, 3.05) is 5.32 Å². The molecule has 3 rings (SSSR count). The van der Waals surface area contributed by atoms with Crippen molar-refractivity contribution in [2.24, 2.45) is 11.8 Å². The molecular weight excluding hydrogens is 286 g/mol. The van der Waals surface area contributed by atoms with Crippen LogP contribution in [0.2, 0.25) is 0 Å². The Balaban J connectivity index is 1.72. The molecule has 0 spiro atoms. The fourth-order valence-corrected chi connectivity index (χ4v) is 3.53. The summed E-state index contributed by atoms with van der Waals surface area (Å²) in [5, 5.41) is 16.3. The van der Waals surface area contributed by atoms with Gasteiger partial charge in [0.25, 0.3) is 0 Å². The molecule has 1 aliphatic carbocycles. The fourth-order valence-electron chi connectivity index (χ4n) is 2.77. The first-order chi connectivity index (χ1) is 10.1. The number of amides is 1. The van der Waals surface area contributed by atoms with Crippen molar-refractivity contribution < 1.29 is 4.79 Å². The Morgan fingerprint density at radius 2 is 2.10 bits per heavy atom. The van der Waals surface area contributed by atoms with Crippen molar-refractivity contribution in [3.05, 3.63) is 5.82 Å². The van der Waals surface area contributed by atoms with Crippen LogP contribution in [0.3, 0.4) is 0 Å². The van der Waals surface area contributed by atoms with E-state index >= 15 is 0 Å². The van der Waals surface area contributed by atoms with Crippen molar-refractivity contribution in [1.29, 1.82) is 0 Å². The summed E-state index contributed by atoms with van der Waals surface area (Å²) in [6.45, 7) is 4.28. The SMILES string of the molecule is CC(C)Cc1nnc2sc(NC(=O)C3CCCCC3)nn12. The van der Waals surface area contributed by atoms with Crippen LogP contribution in [0.1, 0.15) is 51.8 Å². The number of hydrogen-bond acceptors (Lipinski definition) is 5. The summed E-state index contributed by atoms with van der Waals surface area (Å²) in [6.07, 6.45) is 6.38. The van der Waals surface area contributed by atoms with Gasteiger partial charge in [0.2, 0.25) is 16.0 Å². The van der Waals surface area contributed by atoms with Gasteiger partial charge in [0.15, 0.2) is 5.82 Å². The maximum Gasteiger partial charge on any atom is 0.236 e. The van der Waals surface area contributed by atoms with Crippen LogP contribution in [0.25, 0.3) is 4.96 Å². The predicted octanol–water partition coefficient (Wildman–Crippen LogP) is 2.90. The average Bonchev–Trinajstić information content (AvgIpc) is 3.01. The number of anilines is 1. The van der Waals surface area contributed by atoms with Crippen molar-refractivity contribution in [3.63, 3.8) is 0 Å². The van der Waals surface area contributed by atoms with E-state index < -0.39 is 0 Å². The van der Waals surface area contributed by atoms with E-state index in [4.69, 9.17) is 0 Å². The first-order valence-corrected chi connectivity index (χ1v) is 8.47. The minimum atomic E-state index is 0.102. The van der Waals surface area contributed by atoms with Crippen molar-refractivity contribution in [1.82, 2.24) is 19.8 Å². The van der Waals surface area contributed by atoms with Gasteiger partial charge in [-0.3, -0.25) is 4.79 Å². The lowest BCUT2D eigenvalue weighted by atomic mass is 9.89. The molecule has 0 radical (unpaired) electrons. The molecule has 0 aromatic carbocycles. The Hall–Kier alpha value is -1.50. The topological polar surface area (TPSA) is 72.2 Å². The van der Waals surface area contributed by atoms with E-state index in [0.29, 0.717) is 11.0 Å². The molecule has 0 aliphatic heterocycles. The third-order valence-corrected chi connectivity index (χ3v) is 4.67. The van der Waals surface area contributed by atoms with Crippen LogP contribution in [0.4, 0.5) is 5.13 Å². The molecular formula is C14H21N5OS. The minimum Gasteiger partial charge on any atom is -0.300 e. The summed E-state index contributed by atoms with van der Waals surface area (Å²) in [4.78, 5) is 13.0. The Morgan fingerprint density at radius 3 is 2.81 bits per heavy atom. The summed E-state index contributed by atoms with van der Waals surface area (Å²) >= 11 is 1.38. The predicted molar refractivity (Wildman–Crippen MR) is 82.4 cm³/mol. The number of rotatable bonds is 4. The zero-order chi connectivity index (χ0) is 14.8. The molecule has 1 aliphatic rings. The molecule has 1 fully saturated rings. The van der Waals surface area contributed by atoms with Gasteiger partial charge in [-0.15, -0.1) is 15.3 Å². The zero-order valence-corrected chi connectivity index (χ0v) is 13.3. The summed E-state index contributed by atoms with van der Waals surface area (Å²) in [6, 6.07) is 0. The highest BCUT2D eigenvalue weighted by molar-refractivity contribution is 7.20. The largest absolute Gasteiger partial charge is 0.300 e. The number of fused-ring (bicyclic) bond motifs is 1. The van der Waals surface area contributed by atoms with Gasteiger partial charge in [-0.05, 0) is 18.8 Å². The molecule has 1 saturated carbocycles. The quantitative estimate of drug-likeness (QED) is 0.942. The molecule has 0 atom stereocenters. The van der Waals surface area contributed by atoms with E-state index in [1.807, 2.05) is 0 Å². The fraction of sp³-hybridized carbons (Fsp3) is 0.714. The Kier molecular flexibility index (Phi) is 4.19. The van der Waals surface area contributed by atoms with Crippen LogP contribution in [0.5, 0.6) is 0 Å². The number of aromatic nitrogens is 4. The van der Waals surface area contributed by atoms with Crippen LogP contribution < -0.4 is 5.32 Å². The number of nitrogens with zero attached hydrogens (tertiary/aromatic N) is 4. The lowest BCUT2D eigenvalue weighted by Gasteiger charge is -2.19. The monoisotopic (exact) mass is 307 g/mol. The zero-order valence-electron chi connectivity index (χ0n) is 12.5. The van der Waals surface area contributed by atoms with E-state index in [-0.39, 0.29) is 11.8 Å². The maximum absolute atomic E-state index is 12.2. The van der Waals surface area contributed by atoms with Crippen molar-refractivity contribution in [2.45, 2.75) is 52.4 Å². The summed E-state index contributed by atoms with van der Waals surface area (Å²) in [5.41, 5.74) is 0. The van der Waals surface area contributed by atoms with Gasteiger partial charge < -0.3 is 5.32 Å². The summed E-state index contributed by atoms with van der Waals surface area (Å²) < 4.78 is 1.75. The van der Waals surface area contributed by atoms with Crippen LogP contribution in [0.15, 0.2) is 0 Å². The number of carbonyl (C=O) groups excluding carboxylic acids is 1. The van der Waals surface area contributed by atoms with Gasteiger partial charge in [-0.25, -0.2) is 0 Å². The number of hydrogen-bond donors (Lipinski definition) is 1. The van der Waals surface area contributed by atoms with Crippen LogP contribution in [0, 0.1) is 11.8 Å². The first kappa shape index (κ1) is 14.4. The molecule has 0 unspecified atom stereocenters. The Morgan fingerprint density at radius 1 is 1.33 bits per heavy atom. The third kappa shape index (κ3) is 3.23. The van der Waals surface area contributed by atoms with Crippen LogP contribution in [-0.4, -0.2) is 25.7 Å². The molecule has 114 valence electrons. The molecule has 2 aromatic rings. The molecule has 0 bridgehead atoms. The second kappa shape index (κ2) is 6.09. The van der Waals surface area contributed by atoms with Crippen LogP contribution >= 0.6 is 11.3 Å². The molecule has 2 heterocycles. The van der Waals surface area contributed by atoms with E-state index in [1.165, 1.54) is 17.8 Å². The number of carbonyl (C=O) groups is 1. The molecule has 0 saturated heterocycles. The molecule has 21 heavy (non-hydrogen) atoms. The normalized spacial score (nSPS) is 16.7. The van der Waals surface area contributed by atoms with Gasteiger partial charge in [-0.1, -0.05) is 44.4 Å². The van der Waals surface area contributed by atoms with E-state index in [9.17, 15) is 4.79 Å². The molecule has 2 aromatic heterocycles. The smallest absolute Gasteiger partial charge is 0.236 e. The highest BCUT2D eigenvalue weighted by Gasteiger charge is 2.22. The highest BCUT2D eigenvalue weighted by Crippen LogP contribution is 2.26. The van der Waals surface area contributed by atoms with E-state index in [2.05, 4.69) is 34.5 Å². The van der Waals surface area contributed by atoms with Crippen molar-refractivity contribution in [3.8, 4) is 0 Å². The molecule has 1 amide bonds. The van der Waals surface area contributed by atoms with E-state index in [1.54, 1.807) is 4.52 Å². The molecule has 1 N–H and O–H groups in total. The van der Waals surface area contributed by atoms with Gasteiger partial charge >= 0.3 is 0 Å². The average molecular weight is 307 g/mol. The number of nitrogens with one attached hydrogen (secondary N) is 1. The first-order valence-electron chi connectivity index (χ1n) is 7.65. The van der Waals surface area contributed by atoms with Gasteiger partial charge in [0, 0.05) is 12.3 Å². The minimum absolute atomic E-state index is 0.102. The van der Waals surface area contributed by atoms with Gasteiger partial charge in [-0.2, -0.15) is 4.52 Å². The lowest BCUT2D eigenvalue weighted by molar-refractivity contribution is -0.120. The van der Waals surface area contributed by atoms with Gasteiger partial charge in [0.1, 0.15) is 0 Å². The molecule has 7 heteroatoms. The third-order valence-electron chi connectivity index (χ3n) is 3.85. The Labute approximate surface area is 128 Å². The highest BCUT2D eigenvalue weighted by atomic mass is 32.1. The summed E-state index contributed by atoms with van der Waals surface area (Å²) in [5.74, 6) is 1.60. The van der Waals surface area contributed by atoms with Gasteiger partial charge in [0.05, 0.1) is 0 Å². The lowest BCUT2D eigenvalue weighted by Crippen LogP contribution is -2.24. The molecule has 6 nitrogen and oxygen atoms in total. The van der Waals surface area contributed by atoms with Crippen molar-refractivity contribution >= 4 is 27.3 Å². The maximum atomic E-state index is 12.2. The van der Waals surface area contributed by atoms with Crippen LogP contribution in [-0.2, 0) is 11.2 Å². The van der Waals surface area contributed by atoms with E-state index in [0.717, 1.165) is 42.9 Å².